The van der Waals surface area contributed by atoms with Crippen LogP contribution in [0.5, 0.6) is 0 Å². The van der Waals surface area contributed by atoms with Gasteiger partial charge in [0.05, 0.1) is 36.9 Å². The Bertz CT molecular complexity index is 916. The molecule has 2 unspecified atom stereocenters. The second kappa shape index (κ2) is 6.25. The van der Waals surface area contributed by atoms with Crippen LogP contribution in [0.4, 0.5) is 5.69 Å². The predicted octanol–water partition coefficient (Wildman–Crippen LogP) is 1.91. The molecule has 0 saturated carbocycles. The van der Waals surface area contributed by atoms with Crippen LogP contribution in [0.1, 0.15) is 16.9 Å². The standard InChI is InChI=1S/C19H22N2O4S/c1-13-6-14(2)8-15(7-13)21-18-12-26(23,24)11-17(18)20(10-19(21)22)9-16-4-3-5-25-16/h3-8,17-18H,9-12H2,1-2H3. The molecule has 26 heavy (non-hydrogen) atoms. The number of sulfone groups is 1. The van der Waals surface area contributed by atoms with E-state index in [1.807, 2.05) is 43.0 Å². The van der Waals surface area contributed by atoms with Gasteiger partial charge in [-0.2, -0.15) is 0 Å². The van der Waals surface area contributed by atoms with E-state index in [-0.39, 0.29) is 36.0 Å². The quantitative estimate of drug-likeness (QED) is 0.821. The van der Waals surface area contributed by atoms with E-state index in [9.17, 15) is 13.2 Å². The average molecular weight is 374 g/mol. The molecule has 2 fully saturated rings. The number of hydrogen-bond donors (Lipinski definition) is 0. The SMILES string of the molecule is Cc1cc(C)cc(N2C(=O)CN(Cc3ccco3)C3CS(=O)(=O)CC32)c1. The molecule has 2 aromatic rings. The van der Waals surface area contributed by atoms with Crippen molar-refractivity contribution in [2.75, 3.05) is 23.0 Å². The number of amides is 1. The van der Waals surface area contributed by atoms with E-state index in [4.69, 9.17) is 4.42 Å². The predicted molar refractivity (Wildman–Crippen MR) is 98.7 cm³/mol. The van der Waals surface area contributed by atoms with Gasteiger partial charge in [-0.05, 0) is 49.2 Å². The fourth-order valence-electron chi connectivity index (χ4n) is 4.16. The number of anilines is 1. The summed E-state index contributed by atoms with van der Waals surface area (Å²) in [6.07, 6.45) is 1.59. The monoisotopic (exact) mass is 374 g/mol. The van der Waals surface area contributed by atoms with Crippen LogP contribution in [0.25, 0.3) is 0 Å². The normalized spacial score (nSPS) is 25.5. The van der Waals surface area contributed by atoms with Crippen LogP contribution in [0, 0.1) is 13.8 Å². The van der Waals surface area contributed by atoms with Crippen molar-refractivity contribution in [3.8, 4) is 0 Å². The molecule has 0 bridgehead atoms. The Hall–Kier alpha value is -2.12. The van der Waals surface area contributed by atoms with Gasteiger partial charge in [-0.25, -0.2) is 8.42 Å². The number of fused-ring (bicyclic) bond motifs is 1. The van der Waals surface area contributed by atoms with Crippen LogP contribution < -0.4 is 4.90 Å². The third-order valence-corrected chi connectivity index (χ3v) is 6.82. The minimum atomic E-state index is -3.19. The van der Waals surface area contributed by atoms with Crippen molar-refractivity contribution in [3.05, 3.63) is 53.5 Å². The summed E-state index contributed by atoms with van der Waals surface area (Å²) in [5.41, 5.74) is 2.91. The number of carbonyl (C=O) groups is 1. The lowest BCUT2D eigenvalue weighted by atomic mass is 10.0. The summed E-state index contributed by atoms with van der Waals surface area (Å²) in [7, 11) is -3.19. The third-order valence-electron chi connectivity index (χ3n) is 5.12. The highest BCUT2D eigenvalue weighted by Gasteiger charge is 2.49. The first kappa shape index (κ1) is 17.3. The second-order valence-corrected chi connectivity index (χ2v) is 9.46. The first-order valence-electron chi connectivity index (χ1n) is 8.70. The molecular weight excluding hydrogens is 352 g/mol. The summed E-state index contributed by atoms with van der Waals surface area (Å²) < 4.78 is 30.1. The molecule has 138 valence electrons. The van der Waals surface area contributed by atoms with Crippen LogP contribution in [0.3, 0.4) is 0 Å². The van der Waals surface area contributed by atoms with Gasteiger partial charge >= 0.3 is 0 Å². The number of rotatable bonds is 3. The summed E-state index contributed by atoms with van der Waals surface area (Å²) in [5.74, 6) is 0.749. The zero-order valence-corrected chi connectivity index (χ0v) is 15.7. The lowest BCUT2D eigenvalue weighted by Crippen LogP contribution is -2.61. The van der Waals surface area contributed by atoms with E-state index in [1.165, 1.54) is 0 Å². The molecule has 2 atom stereocenters. The fraction of sp³-hybridized carbons (Fsp3) is 0.421. The first-order chi connectivity index (χ1) is 12.3. The molecule has 0 aliphatic carbocycles. The van der Waals surface area contributed by atoms with Crippen LogP contribution in [-0.4, -0.2) is 49.4 Å². The Morgan fingerprint density at radius 3 is 2.46 bits per heavy atom. The number of benzene rings is 1. The summed E-state index contributed by atoms with van der Waals surface area (Å²) in [5, 5.41) is 0. The first-order valence-corrected chi connectivity index (χ1v) is 10.5. The second-order valence-electron chi connectivity index (χ2n) is 7.31. The maximum Gasteiger partial charge on any atom is 0.241 e. The molecule has 4 rings (SSSR count). The Kier molecular flexibility index (Phi) is 4.16. The fourth-order valence-corrected chi connectivity index (χ4v) is 6.14. The van der Waals surface area contributed by atoms with Crippen LogP contribution in [0.15, 0.2) is 41.0 Å². The maximum absolute atomic E-state index is 13.0. The molecule has 2 aliphatic heterocycles. The van der Waals surface area contributed by atoms with Gasteiger partial charge in [0.1, 0.15) is 5.76 Å². The zero-order chi connectivity index (χ0) is 18.5. The smallest absolute Gasteiger partial charge is 0.241 e. The number of nitrogens with zero attached hydrogens (tertiary/aromatic N) is 2. The maximum atomic E-state index is 13.0. The Morgan fingerprint density at radius 1 is 1.12 bits per heavy atom. The van der Waals surface area contributed by atoms with Gasteiger partial charge in [-0.3, -0.25) is 9.69 Å². The average Bonchev–Trinajstić information content (AvgIpc) is 3.13. The van der Waals surface area contributed by atoms with E-state index >= 15 is 0 Å². The van der Waals surface area contributed by atoms with Crippen molar-refractivity contribution in [3.63, 3.8) is 0 Å². The number of piperazine rings is 1. The van der Waals surface area contributed by atoms with Crippen molar-refractivity contribution >= 4 is 21.4 Å². The number of carbonyl (C=O) groups excluding carboxylic acids is 1. The molecule has 0 radical (unpaired) electrons. The zero-order valence-electron chi connectivity index (χ0n) is 14.9. The molecule has 1 aromatic heterocycles. The summed E-state index contributed by atoms with van der Waals surface area (Å²) in [6, 6.07) is 9.01. The Labute approximate surface area is 153 Å². The van der Waals surface area contributed by atoms with Crippen molar-refractivity contribution in [1.82, 2.24) is 4.90 Å². The highest BCUT2D eigenvalue weighted by molar-refractivity contribution is 7.91. The van der Waals surface area contributed by atoms with E-state index < -0.39 is 9.84 Å². The molecule has 2 saturated heterocycles. The van der Waals surface area contributed by atoms with E-state index in [2.05, 4.69) is 0 Å². The van der Waals surface area contributed by atoms with Gasteiger partial charge < -0.3 is 9.32 Å². The van der Waals surface area contributed by atoms with Crippen molar-refractivity contribution in [2.24, 2.45) is 0 Å². The van der Waals surface area contributed by atoms with E-state index in [0.717, 1.165) is 22.6 Å². The van der Waals surface area contributed by atoms with Gasteiger partial charge in [0.2, 0.25) is 5.91 Å². The summed E-state index contributed by atoms with van der Waals surface area (Å²) in [4.78, 5) is 16.6. The summed E-state index contributed by atoms with van der Waals surface area (Å²) >= 11 is 0. The molecule has 1 aromatic carbocycles. The van der Waals surface area contributed by atoms with Gasteiger partial charge in [0, 0.05) is 11.7 Å². The molecule has 2 aliphatic rings. The molecular formula is C19H22N2O4S. The minimum absolute atomic E-state index is 0.00501. The van der Waals surface area contributed by atoms with Crippen molar-refractivity contribution < 1.29 is 17.6 Å². The molecule has 0 N–H and O–H groups in total. The van der Waals surface area contributed by atoms with Gasteiger partial charge in [0.15, 0.2) is 9.84 Å². The molecule has 1 amide bonds. The number of aryl methyl sites for hydroxylation is 2. The largest absolute Gasteiger partial charge is 0.468 e. The highest BCUT2D eigenvalue weighted by Crippen LogP contribution is 2.33. The van der Waals surface area contributed by atoms with Gasteiger partial charge in [-0.1, -0.05) is 6.07 Å². The summed E-state index contributed by atoms with van der Waals surface area (Å²) in [6.45, 7) is 4.59. The Balaban J connectivity index is 1.71. The van der Waals surface area contributed by atoms with Crippen molar-refractivity contribution in [2.45, 2.75) is 32.5 Å². The number of furan rings is 1. The van der Waals surface area contributed by atoms with Crippen LogP contribution in [0.2, 0.25) is 0 Å². The van der Waals surface area contributed by atoms with Crippen LogP contribution >= 0.6 is 0 Å². The van der Waals surface area contributed by atoms with Gasteiger partial charge in [0.25, 0.3) is 0 Å². The lowest BCUT2D eigenvalue weighted by Gasteiger charge is -2.43. The third kappa shape index (κ3) is 3.17. The molecule has 3 heterocycles. The van der Waals surface area contributed by atoms with Crippen molar-refractivity contribution in [1.29, 1.82) is 0 Å². The molecule has 6 nitrogen and oxygen atoms in total. The highest BCUT2D eigenvalue weighted by atomic mass is 32.2. The van der Waals surface area contributed by atoms with Crippen LogP contribution in [-0.2, 0) is 21.2 Å². The van der Waals surface area contributed by atoms with E-state index in [0.29, 0.717) is 6.54 Å². The molecule has 0 spiro atoms. The minimum Gasteiger partial charge on any atom is -0.468 e. The number of hydrogen-bond acceptors (Lipinski definition) is 5. The topological polar surface area (TPSA) is 70.8 Å². The lowest BCUT2D eigenvalue weighted by molar-refractivity contribution is -0.123. The van der Waals surface area contributed by atoms with E-state index in [1.54, 1.807) is 17.2 Å². The van der Waals surface area contributed by atoms with Gasteiger partial charge in [-0.15, -0.1) is 0 Å². The molecule has 7 heteroatoms. The Morgan fingerprint density at radius 2 is 1.81 bits per heavy atom.